The number of carbonyl (C=O) groups is 1. The van der Waals surface area contributed by atoms with E-state index in [0.717, 1.165) is 12.1 Å². The molecule has 0 bridgehead atoms. The molecule has 1 aromatic heterocycles. The molecule has 0 aliphatic carbocycles. The fraction of sp³-hybridized carbons (Fsp3) is 0.308. The molecule has 2 N–H and O–H groups in total. The van der Waals surface area contributed by atoms with Crippen LogP contribution in [0.1, 0.15) is 18.1 Å². The molecule has 0 spiro atoms. The lowest BCUT2D eigenvalue weighted by Crippen LogP contribution is -2.11. The fourth-order valence-electron chi connectivity index (χ4n) is 1.95. The Hall–Kier alpha value is -1.98. The molecule has 0 radical (unpaired) electrons. The Balaban J connectivity index is 2.37. The monoisotopic (exact) mass is 271 g/mol. The van der Waals surface area contributed by atoms with Crippen LogP contribution in [-0.4, -0.2) is 16.1 Å². The molecule has 2 rings (SSSR count). The summed E-state index contributed by atoms with van der Waals surface area (Å²) < 4.78 is 37.6. The van der Waals surface area contributed by atoms with Gasteiger partial charge in [-0.2, -0.15) is 13.2 Å². The number of benzene rings is 1. The van der Waals surface area contributed by atoms with Gasteiger partial charge in [-0.1, -0.05) is 13.0 Å². The Morgan fingerprint density at radius 1 is 1.42 bits per heavy atom. The molecule has 0 saturated carbocycles. The standard InChI is InChI=1S/C13H12F3NO2/c1-7(12(18)19)4-8-6-17-11-5-9(13(14,15)16)2-3-10(8)11/h2-3,5-7,17H,4H2,1H3,(H,18,19). The highest BCUT2D eigenvalue weighted by Gasteiger charge is 2.30. The number of fused-ring (bicyclic) bond motifs is 1. The number of halogens is 3. The van der Waals surface area contributed by atoms with E-state index >= 15 is 0 Å². The molecule has 102 valence electrons. The number of nitrogens with one attached hydrogen (secondary N) is 1. The van der Waals surface area contributed by atoms with Gasteiger partial charge in [0.25, 0.3) is 0 Å². The summed E-state index contributed by atoms with van der Waals surface area (Å²) in [4.78, 5) is 13.5. The second-order valence-corrected chi connectivity index (χ2v) is 4.52. The molecule has 0 fully saturated rings. The van der Waals surface area contributed by atoms with Gasteiger partial charge in [0.2, 0.25) is 0 Å². The van der Waals surface area contributed by atoms with E-state index in [9.17, 15) is 18.0 Å². The van der Waals surface area contributed by atoms with E-state index in [0.29, 0.717) is 16.5 Å². The Labute approximate surface area is 107 Å². The summed E-state index contributed by atoms with van der Waals surface area (Å²) in [5.74, 6) is -1.51. The lowest BCUT2D eigenvalue weighted by Gasteiger charge is -2.07. The molecule has 3 nitrogen and oxygen atoms in total. The van der Waals surface area contributed by atoms with Crippen molar-refractivity contribution in [2.45, 2.75) is 19.5 Å². The van der Waals surface area contributed by atoms with Crippen molar-refractivity contribution >= 4 is 16.9 Å². The van der Waals surface area contributed by atoms with Gasteiger partial charge in [0, 0.05) is 17.1 Å². The normalized spacial score (nSPS) is 13.7. The highest BCUT2D eigenvalue weighted by molar-refractivity contribution is 5.84. The van der Waals surface area contributed by atoms with Gasteiger partial charge in [0.15, 0.2) is 0 Å². The van der Waals surface area contributed by atoms with Gasteiger partial charge < -0.3 is 10.1 Å². The number of aromatic nitrogens is 1. The first-order valence-electron chi connectivity index (χ1n) is 5.69. The minimum Gasteiger partial charge on any atom is -0.481 e. The molecule has 0 aliphatic rings. The van der Waals surface area contributed by atoms with Gasteiger partial charge in [-0.3, -0.25) is 4.79 Å². The largest absolute Gasteiger partial charge is 0.481 e. The summed E-state index contributed by atoms with van der Waals surface area (Å²) in [6.45, 7) is 1.56. The number of aliphatic carboxylic acids is 1. The van der Waals surface area contributed by atoms with E-state index < -0.39 is 23.6 Å². The number of carboxylic acid groups (broad SMARTS) is 1. The molecular formula is C13H12F3NO2. The highest BCUT2D eigenvalue weighted by atomic mass is 19.4. The van der Waals surface area contributed by atoms with Crippen LogP contribution >= 0.6 is 0 Å². The molecule has 1 unspecified atom stereocenters. The van der Waals surface area contributed by atoms with Crippen molar-refractivity contribution in [2.24, 2.45) is 5.92 Å². The predicted molar refractivity (Wildman–Crippen MR) is 63.8 cm³/mol. The number of alkyl halides is 3. The van der Waals surface area contributed by atoms with Gasteiger partial charge in [-0.05, 0) is 24.1 Å². The van der Waals surface area contributed by atoms with Gasteiger partial charge in [0.1, 0.15) is 0 Å². The van der Waals surface area contributed by atoms with E-state index in [4.69, 9.17) is 5.11 Å². The maximum absolute atomic E-state index is 12.5. The molecule has 6 heteroatoms. The van der Waals surface area contributed by atoms with Gasteiger partial charge in [-0.25, -0.2) is 0 Å². The van der Waals surface area contributed by atoms with Crippen LogP contribution in [0.2, 0.25) is 0 Å². The van der Waals surface area contributed by atoms with Crippen LogP contribution in [-0.2, 0) is 17.4 Å². The van der Waals surface area contributed by atoms with E-state index in [-0.39, 0.29) is 6.42 Å². The van der Waals surface area contributed by atoms with Crippen molar-refractivity contribution < 1.29 is 23.1 Å². The van der Waals surface area contributed by atoms with Crippen LogP contribution < -0.4 is 0 Å². The number of aromatic amines is 1. The Kier molecular flexibility index (Phi) is 3.26. The zero-order valence-electron chi connectivity index (χ0n) is 10.1. The summed E-state index contributed by atoms with van der Waals surface area (Å²) in [6.07, 6.45) is -2.54. The van der Waals surface area contributed by atoms with Crippen LogP contribution in [0, 0.1) is 5.92 Å². The van der Waals surface area contributed by atoms with Crippen molar-refractivity contribution in [1.82, 2.24) is 4.98 Å². The van der Waals surface area contributed by atoms with Gasteiger partial charge >= 0.3 is 12.1 Å². The van der Waals surface area contributed by atoms with Crippen molar-refractivity contribution in [3.63, 3.8) is 0 Å². The van der Waals surface area contributed by atoms with Crippen LogP contribution in [0.3, 0.4) is 0 Å². The zero-order chi connectivity index (χ0) is 14.2. The number of hydrogen-bond donors (Lipinski definition) is 2. The number of rotatable bonds is 3. The van der Waals surface area contributed by atoms with Crippen molar-refractivity contribution in [1.29, 1.82) is 0 Å². The van der Waals surface area contributed by atoms with Crippen LogP contribution in [0.4, 0.5) is 13.2 Å². The third kappa shape index (κ3) is 2.72. The molecule has 2 aromatic rings. The predicted octanol–water partition coefficient (Wildman–Crippen LogP) is 3.45. The highest BCUT2D eigenvalue weighted by Crippen LogP contribution is 2.32. The first-order valence-corrected chi connectivity index (χ1v) is 5.69. The molecule has 0 saturated heterocycles. The third-order valence-electron chi connectivity index (χ3n) is 3.04. The molecule has 19 heavy (non-hydrogen) atoms. The maximum Gasteiger partial charge on any atom is 0.416 e. The molecule has 0 aliphatic heterocycles. The number of carboxylic acids is 1. The van der Waals surface area contributed by atoms with E-state index in [1.807, 2.05) is 0 Å². The van der Waals surface area contributed by atoms with E-state index in [1.165, 1.54) is 6.07 Å². The second kappa shape index (κ2) is 4.60. The minimum absolute atomic E-state index is 0.278. The number of H-pyrrole nitrogens is 1. The van der Waals surface area contributed by atoms with Crippen LogP contribution in [0.25, 0.3) is 10.9 Å². The Morgan fingerprint density at radius 3 is 2.68 bits per heavy atom. The van der Waals surface area contributed by atoms with E-state index in [1.54, 1.807) is 13.1 Å². The molecule has 1 aromatic carbocycles. The van der Waals surface area contributed by atoms with Crippen molar-refractivity contribution in [3.05, 3.63) is 35.5 Å². The lowest BCUT2D eigenvalue weighted by molar-refractivity contribution is -0.141. The molecular weight excluding hydrogens is 259 g/mol. The summed E-state index contributed by atoms with van der Waals surface area (Å²) >= 11 is 0. The molecule has 0 amide bonds. The quantitative estimate of drug-likeness (QED) is 0.898. The SMILES string of the molecule is CC(Cc1c[nH]c2cc(C(F)(F)F)ccc12)C(=O)O. The van der Waals surface area contributed by atoms with Crippen molar-refractivity contribution in [3.8, 4) is 0 Å². The van der Waals surface area contributed by atoms with Gasteiger partial charge in [0.05, 0.1) is 11.5 Å². The Bertz CT molecular complexity index is 616. The lowest BCUT2D eigenvalue weighted by atomic mass is 10.0. The summed E-state index contributed by atoms with van der Waals surface area (Å²) in [7, 11) is 0. The zero-order valence-corrected chi connectivity index (χ0v) is 10.1. The maximum atomic E-state index is 12.5. The topological polar surface area (TPSA) is 53.1 Å². The van der Waals surface area contributed by atoms with Crippen LogP contribution in [0.15, 0.2) is 24.4 Å². The summed E-state index contributed by atoms with van der Waals surface area (Å²) in [6, 6.07) is 3.41. The minimum atomic E-state index is -4.38. The summed E-state index contributed by atoms with van der Waals surface area (Å²) in [5, 5.41) is 9.47. The molecule has 1 atom stereocenters. The average Bonchev–Trinajstić information content (AvgIpc) is 2.70. The Morgan fingerprint density at radius 2 is 2.11 bits per heavy atom. The van der Waals surface area contributed by atoms with Gasteiger partial charge in [-0.15, -0.1) is 0 Å². The van der Waals surface area contributed by atoms with Crippen molar-refractivity contribution in [2.75, 3.05) is 0 Å². The first kappa shape index (κ1) is 13.5. The van der Waals surface area contributed by atoms with Crippen LogP contribution in [0.5, 0.6) is 0 Å². The van der Waals surface area contributed by atoms with E-state index in [2.05, 4.69) is 4.98 Å². The summed E-state index contributed by atoms with van der Waals surface area (Å²) in [5.41, 5.74) is 0.348. The average molecular weight is 271 g/mol. The molecule has 1 heterocycles. The first-order chi connectivity index (χ1) is 8.79. The smallest absolute Gasteiger partial charge is 0.416 e. The third-order valence-corrected chi connectivity index (χ3v) is 3.04. The second-order valence-electron chi connectivity index (χ2n) is 4.52. The fourth-order valence-corrected chi connectivity index (χ4v) is 1.95. The number of hydrogen-bond acceptors (Lipinski definition) is 1.